The first kappa shape index (κ1) is 69.8. The minimum absolute atomic E-state index is 0.0700. The van der Waals surface area contributed by atoms with E-state index in [4.69, 9.17) is 14.2 Å². The molecule has 1 unspecified atom stereocenters. The van der Waals surface area contributed by atoms with E-state index in [2.05, 4.69) is 93.7 Å². The zero-order valence-electron chi connectivity index (χ0n) is 48.4. The number of allylic oxidation sites excluding steroid dienone is 12. The second-order valence-electron chi connectivity index (χ2n) is 21.0. The Balaban J connectivity index is 4.14. The van der Waals surface area contributed by atoms with E-state index in [1.165, 1.54) is 180 Å². The summed E-state index contributed by atoms with van der Waals surface area (Å²) >= 11 is 0. The van der Waals surface area contributed by atoms with Crippen molar-refractivity contribution in [2.75, 3.05) is 13.2 Å². The Hall–Kier alpha value is -3.15. The molecule has 0 saturated carbocycles. The molecule has 6 nitrogen and oxygen atoms in total. The van der Waals surface area contributed by atoms with Gasteiger partial charge in [-0.3, -0.25) is 14.4 Å². The molecule has 0 spiro atoms. The molecule has 0 fully saturated rings. The molecule has 0 aliphatic heterocycles. The molecule has 0 N–H and O–H groups in total. The van der Waals surface area contributed by atoms with Gasteiger partial charge in [0.05, 0.1) is 0 Å². The molecular formula is C67H118O6. The maximum Gasteiger partial charge on any atom is 0.306 e. The first-order chi connectivity index (χ1) is 36.0. The van der Waals surface area contributed by atoms with Crippen molar-refractivity contribution in [2.45, 2.75) is 322 Å². The van der Waals surface area contributed by atoms with E-state index in [9.17, 15) is 14.4 Å². The smallest absolute Gasteiger partial charge is 0.306 e. The second kappa shape index (κ2) is 61.4. The van der Waals surface area contributed by atoms with Crippen LogP contribution in [0, 0.1) is 0 Å². The molecule has 0 aromatic rings. The van der Waals surface area contributed by atoms with Crippen molar-refractivity contribution in [3.05, 3.63) is 72.9 Å². The van der Waals surface area contributed by atoms with Crippen LogP contribution in [0.4, 0.5) is 0 Å². The van der Waals surface area contributed by atoms with Crippen LogP contribution in [0.25, 0.3) is 0 Å². The Labute approximate surface area is 453 Å². The normalized spacial score (nSPS) is 12.5. The van der Waals surface area contributed by atoms with E-state index in [0.717, 1.165) is 96.3 Å². The molecule has 0 aliphatic carbocycles. The lowest BCUT2D eigenvalue weighted by Gasteiger charge is -2.18. The van der Waals surface area contributed by atoms with Crippen LogP contribution in [0.5, 0.6) is 0 Å². The molecule has 73 heavy (non-hydrogen) atoms. The van der Waals surface area contributed by atoms with Crippen molar-refractivity contribution in [2.24, 2.45) is 0 Å². The third kappa shape index (κ3) is 59.6. The third-order valence-electron chi connectivity index (χ3n) is 13.7. The van der Waals surface area contributed by atoms with E-state index in [0.29, 0.717) is 19.3 Å². The van der Waals surface area contributed by atoms with Gasteiger partial charge in [0.1, 0.15) is 13.2 Å². The lowest BCUT2D eigenvalue weighted by Crippen LogP contribution is -2.30. The van der Waals surface area contributed by atoms with Gasteiger partial charge in [0, 0.05) is 19.3 Å². The van der Waals surface area contributed by atoms with Gasteiger partial charge < -0.3 is 14.2 Å². The van der Waals surface area contributed by atoms with E-state index >= 15 is 0 Å². The number of unbranched alkanes of at least 4 members (excludes halogenated alkanes) is 34. The predicted octanol–water partition coefficient (Wildman–Crippen LogP) is 21.3. The highest BCUT2D eigenvalue weighted by molar-refractivity contribution is 5.71. The number of hydrogen-bond donors (Lipinski definition) is 0. The van der Waals surface area contributed by atoms with E-state index in [-0.39, 0.29) is 31.1 Å². The number of carbonyl (C=O) groups is 3. The Kier molecular flexibility index (Phi) is 58.7. The number of esters is 3. The highest BCUT2D eigenvalue weighted by atomic mass is 16.6. The average Bonchev–Trinajstić information content (AvgIpc) is 3.39. The molecule has 1 atom stereocenters. The topological polar surface area (TPSA) is 78.9 Å². The average molecular weight is 1020 g/mol. The van der Waals surface area contributed by atoms with Gasteiger partial charge in [0.2, 0.25) is 0 Å². The fraction of sp³-hybridized carbons (Fsp3) is 0.776. The SMILES string of the molecule is CC/C=C\C/C=C\C/C=C\C/C=C\C/C=C\C/C=C\CCCCCCCCCCCCCCC(=O)OCC(COC(=O)CCCCCCCCCCCC)OC(=O)CCCCCCCCCCCCCCCC. The quantitative estimate of drug-likeness (QED) is 0.0261. The molecule has 0 saturated heterocycles. The molecule has 0 aromatic carbocycles. The van der Waals surface area contributed by atoms with Crippen LogP contribution in [0.15, 0.2) is 72.9 Å². The van der Waals surface area contributed by atoms with Crippen LogP contribution in [0.2, 0.25) is 0 Å². The summed E-state index contributed by atoms with van der Waals surface area (Å²) in [6.07, 6.45) is 79.1. The predicted molar refractivity (Wildman–Crippen MR) is 316 cm³/mol. The first-order valence-corrected chi connectivity index (χ1v) is 31.4. The van der Waals surface area contributed by atoms with Crippen LogP contribution in [-0.4, -0.2) is 37.2 Å². The van der Waals surface area contributed by atoms with Crippen LogP contribution < -0.4 is 0 Å². The maximum absolute atomic E-state index is 12.8. The minimum atomic E-state index is -0.770. The van der Waals surface area contributed by atoms with E-state index in [1.807, 2.05) is 0 Å². The summed E-state index contributed by atoms with van der Waals surface area (Å²) in [7, 11) is 0. The van der Waals surface area contributed by atoms with Crippen LogP contribution in [0.3, 0.4) is 0 Å². The standard InChI is InChI=1S/C67H118O6/c1-4-7-10-13-16-19-22-24-26-27-28-29-30-31-32-33-34-35-36-37-38-39-40-41-42-44-45-48-51-54-57-60-66(69)72-63-64(62-71-65(68)59-56-53-50-47-21-18-15-12-9-6-3)73-67(70)61-58-55-52-49-46-43-25-23-20-17-14-11-8-5-2/h7,10,16,19,24,26,28-29,31-32,34-35,64H,4-6,8-9,11-15,17-18,20-23,25,27,30,33,36-63H2,1-3H3/b10-7-,19-16-,26-24-,29-28-,32-31-,35-34-. The summed E-state index contributed by atoms with van der Waals surface area (Å²) in [4.78, 5) is 38.1. The van der Waals surface area contributed by atoms with Gasteiger partial charge >= 0.3 is 17.9 Å². The lowest BCUT2D eigenvalue weighted by atomic mass is 10.0. The Morgan fingerprint density at radius 1 is 0.288 bits per heavy atom. The van der Waals surface area contributed by atoms with Crippen LogP contribution in [-0.2, 0) is 28.6 Å². The molecular weight excluding hydrogens is 901 g/mol. The van der Waals surface area contributed by atoms with Gasteiger partial charge in [0.15, 0.2) is 6.10 Å². The summed E-state index contributed by atoms with van der Waals surface area (Å²) in [5.41, 5.74) is 0. The highest BCUT2D eigenvalue weighted by Crippen LogP contribution is 2.17. The van der Waals surface area contributed by atoms with Crippen LogP contribution >= 0.6 is 0 Å². The van der Waals surface area contributed by atoms with E-state index in [1.54, 1.807) is 0 Å². The summed E-state index contributed by atoms with van der Waals surface area (Å²) < 4.78 is 16.9. The fourth-order valence-corrected chi connectivity index (χ4v) is 9.04. The summed E-state index contributed by atoms with van der Waals surface area (Å²) in [5, 5.41) is 0. The largest absolute Gasteiger partial charge is 0.462 e. The first-order valence-electron chi connectivity index (χ1n) is 31.4. The van der Waals surface area contributed by atoms with Gasteiger partial charge in [-0.05, 0) is 70.6 Å². The van der Waals surface area contributed by atoms with E-state index < -0.39 is 6.10 Å². The van der Waals surface area contributed by atoms with Crippen molar-refractivity contribution in [1.29, 1.82) is 0 Å². The van der Waals surface area contributed by atoms with Gasteiger partial charge in [-0.15, -0.1) is 0 Å². The number of ether oxygens (including phenoxy) is 3. The second-order valence-corrected chi connectivity index (χ2v) is 21.0. The number of rotatable bonds is 57. The maximum atomic E-state index is 12.8. The molecule has 6 heteroatoms. The molecule has 0 aromatic heterocycles. The van der Waals surface area contributed by atoms with Gasteiger partial charge in [0.25, 0.3) is 0 Å². The van der Waals surface area contributed by atoms with Crippen molar-refractivity contribution in [1.82, 2.24) is 0 Å². The molecule has 0 rings (SSSR count). The molecule has 0 aliphatic rings. The zero-order chi connectivity index (χ0) is 52.9. The fourth-order valence-electron chi connectivity index (χ4n) is 9.04. The summed E-state index contributed by atoms with van der Waals surface area (Å²) in [5.74, 6) is -0.859. The number of hydrogen-bond acceptors (Lipinski definition) is 6. The lowest BCUT2D eigenvalue weighted by molar-refractivity contribution is -0.167. The van der Waals surface area contributed by atoms with Crippen LogP contribution in [0.1, 0.15) is 316 Å². The highest BCUT2D eigenvalue weighted by Gasteiger charge is 2.19. The monoisotopic (exact) mass is 1020 g/mol. The molecule has 0 radical (unpaired) electrons. The van der Waals surface area contributed by atoms with Crippen molar-refractivity contribution < 1.29 is 28.6 Å². The Bertz CT molecular complexity index is 1360. The Morgan fingerprint density at radius 3 is 0.836 bits per heavy atom. The van der Waals surface area contributed by atoms with Crippen molar-refractivity contribution >= 4 is 17.9 Å². The molecule has 0 amide bonds. The zero-order valence-corrected chi connectivity index (χ0v) is 48.4. The van der Waals surface area contributed by atoms with Gasteiger partial charge in [-0.25, -0.2) is 0 Å². The van der Waals surface area contributed by atoms with Gasteiger partial charge in [-0.1, -0.05) is 299 Å². The minimum Gasteiger partial charge on any atom is -0.462 e. The molecule has 422 valence electrons. The van der Waals surface area contributed by atoms with Crippen molar-refractivity contribution in [3.8, 4) is 0 Å². The Morgan fingerprint density at radius 2 is 0.534 bits per heavy atom. The molecule has 0 bridgehead atoms. The third-order valence-corrected chi connectivity index (χ3v) is 13.7. The summed E-state index contributed by atoms with van der Waals surface area (Å²) in [6.45, 7) is 6.54. The number of carbonyl (C=O) groups excluding carboxylic acids is 3. The summed E-state index contributed by atoms with van der Waals surface area (Å²) in [6, 6.07) is 0. The molecule has 0 heterocycles. The van der Waals surface area contributed by atoms with Gasteiger partial charge in [-0.2, -0.15) is 0 Å². The van der Waals surface area contributed by atoms with Crippen molar-refractivity contribution in [3.63, 3.8) is 0 Å².